The Morgan fingerprint density at radius 3 is 2.50 bits per heavy atom. The molecule has 0 saturated heterocycles. The summed E-state index contributed by atoms with van der Waals surface area (Å²) < 4.78 is 40.1. The van der Waals surface area contributed by atoms with Gasteiger partial charge >= 0.3 is 6.18 Å². The number of carbonyl (C=O) groups excluding carboxylic acids is 1. The lowest BCUT2D eigenvalue weighted by molar-refractivity contribution is -0.137. The molecule has 1 aliphatic rings. The van der Waals surface area contributed by atoms with Crippen LogP contribution in [0.5, 0.6) is 0 Å². The second-order valence-electron chi connectivity index (χ2n) is 9.82. The van der Waals surface area contributed by atoms with Gasteiger partial charge in [0.05, 0.1) is 11.6 Å². The van der Waals surface area contributed by atoms with Gasteiger partial charge in [-0.1, -0.05) is 44.2 Å². The van der Waals surface area contributed by atoms with Gasteiger partial charge < -0.3 is 15.5 Å². The van der Waals surface area contributed by atoms with Gasteiger partial charge in [-0.05, 0) is 74.0 Å². The highest BCUT2D eigenvalue weighted by Crippen LogP contribution is 2.48. The maximum Gasteiger partial charge on any atom is 0.416 e. The molecule has 7 heteroatoms. The van der Waals surface area contributed by atoms with Gasteiger partial charge in [-0.25, -0.2) is 0 Å². The number of nitrogens with one attached hydrogen (secondary N) is 2. The molecular formula is C27H36F3N3O. The molecule has 1 unspecified atom stereocenters. The number of anilines is 1. The number of hydrogen-bond donors (Lipinski definition) is 2. The molecule has 34 heavy (non-hydrogen) atoms. The fraction of sp³-hybridized carbons (Fsp3) is 0.519. The number of likely N-dealkylation sites (N-methyl/N-ethyl adjacent to an activating group) is 1. The minimum absolute atomic E-state index is 0.00144. The molecule has 1 aliphatic heterocycles. The van der Waals surface area contributed by atoms with Crippen LogP contribution < -0.4 is 10.6 Å². The number of hydrogen-bond acceptors (Lipinski definition) is 3. The largest absolute Gasteiger partial charge is 0.416 e. The van der Waals surface area contributed by atoms with Crippen molar-refractivity contribution >= 4 is 11.6 Å². The molecule has 0 saturated carbocycles. The number of amides is 1. The first kappa shape index (κ1) is 26.1. The lowest BCUT2D eigenvalue weighted by Crippen LogP contribution is -2.33. The molecule has 0 aromatic heterocycles. The summed E-state index contributed by atoms with van der Waals surface area (Å²) in [7, 11) is 3.93. The molecule has 3 rings (SSSR count). The normalized spacial score (nSPS) is 21.0. The lowest BCUT2D eigenvalue weighted by atomic mass is 9.73. The van der Waals surface area contributed by atoms with Crippen LogP contribution in [0.25, 0.3) is 0 Å². The van der Waals surface area contributed by atoms with E-state index in [0.717, 1.165) is 36.7 Å². The zero-order valence-corrected chi connectivity index (χ0v) is 20.5. The van der Waals surface area contributed by atoms with E-state index in [1.54, 1.807) is 6.07 Å². The number of carbonyl (C=O) groups is 1. The van der Waals surface area contributed by atoms with Gasteiger partial charge in [0.2, 0.25) is 5.91 Å². The highest BCUT2D eigenvalue weighted by atomic mass is 19.4. The zero-order valence-electron chi connectivity index (χ0n) is 20.5. The monoisotopic (exact) mass is 475 g/mol. The fourth-order valence-corrected chi connectivity index (χ4v) is 4.84. The third-order valence-electron chi connectivity index (χ3n) is 6.82. The molecule has 2 aromatic carbocycles. The summed E-state index contributed by atoms with van der Waals surface area (Å²) in [4.78, 5) is 14.3. The van der Waals surface area contributed by atoms with Crippen molar-refractivity contribution < 1.29 is 18.0 Å². The van der Waals surface area contributed by atoms with Gasteiger partial charge in [0, 0.05) is 25.2 Å². The number of nitrogens with zero attached hydrogens (tertiary/aromatic N) is 1. The Kier molecular flexibility index (Phi) is 8.63. The van der Waals surface area contributed by atoms with E-state index in [1.807, 2.05) is 44.1 Å². The van der Waals surface area contributed by atoms with Crippen molar-refractivity contribution in [1.29, 1.82) is 0 Å². The topological polar surface area (TPSA) is 44.4 Å². The number of rotatable bonds is 9. The summed E-state index contributed by atoms with van der Waals surface area (Å²) in [5.74, 6) is 0.289. The Bertz CT molecular complexity index is 946. The quantitative estimate of drug-likeness (QED) is 0.462. The molecule has 186 valence electrons. The predicted octanol–water partition coefficient (Wildman–Crippen LogP) is 6.08. The van der Waals surface area contributed by atoms with E-state index in [0.29, 0.717) is 18.5 Å². The van der Waals surface area contributed by atoms with Crippen molar-refractivity contribution in [1.82, 2.24) is 10.2 Å². The fourth-order valence-electron chi connectivity index (χ4n) is 4.84. The van der Waals surface area contributed by atoms with Crippen LogP contribution in [0.3, 0.4) is 0 Å². The second-order valence-corrected chi connectivity index (χ2v) is 9.82. The van der Waals surface area contributed by atoms with E-state index in [-0.39, 0.29) is 29.7 Å². The Hall–Kier alpha value is -2.54. The number of fused-ring (bicyclic) bond motifs is 1. The van der Waals surface area contributed by atoms with Crippen LogP contribution in [0.4, 0.5) is 18.9 Å². The second kappa shape index (κ2) is 11.3. The summed E-state index contributed by atoms with van der Waals surface area (Å²) in [6, 6.07) is 14.1. The van der Waals surface area contributed by atoms with E-state index in [2.05, 4.69) is 29.7 Å². The molecule has 2 aromatic rings. The average Bonchev–Trinajstić information content (AvgIpc) is 2.77. The SMILES string of the molecule is CC1c2cc(C(F)(F)F)ccc2N[C@@H](c2ccccc2)[C@@H]1CC[C@@H](C)CC(=O)NCCN(C)C. The molecule has 4 nitrogen and oxygen atoms in total. The molecule has 2 N–H and O–H groups in total. The summed E-state index contributed by atoms with van der Waals surface area (Å²) in [5.41, 5.74) is 1.98. The first-order valence-corrected chi connectivity index (χ1v) is 12.0. The number of alkyl halides is 3. The molecule has 1 heterocycles. The van der Waals surface area contributed by atoms with E-state index >= 15 is 0 Å². The third kappa shape index (κ3) is 6.75. The minimum Gasteiger partial charge on any atom is -0.378 e. The Balaban J connectivity index is 1.74. The van der Waals surface area contributed by atoms with Gasteiger partial charge in [0.1, 0.15) is 0 Å². The molecule has 0 fully saturated rings. The molecule has 1 amide bonds. The van der Waals surface area contributed by atoms with Crippen LogP contribution in [0, 0.1) is 11.8 Å². The van der Waals surface area contributed by atoms with Crippen molar-refractivity contribution in [2.75, 3.05) is 32.5 Å². The van der Waals surface area contributed by atoms with Crippen LogP contribution in [0.2, 0.25) is 0 Å². The standard InChI is InChI=1S/C27H36F3N3O/c1-18(16-25(34)31-14-15-33(3)4)10-12-22-19(2)23-17-21(27(28,29)30)11-13-24(23)32-26(22)20-8-6-5-7-9-20/h5-9,11,13,17-19,22,26,32H,10,12,14-16H2,1-4H3,(H,31,34)/t18-,19?,22-,26+/m1/s1. The summed E-state index contributed by atoms with van der Waals surface area (Å²) in [6.07, 6.45) is -2.27. The average molecular weight is 476 g/mol. The molecular weight excluding hydrogens is 439 g/mol. The highest BCUT2D eigenvalue weighted by Gasteiger charge is 2.37. The smallest absolute Gasteiger partial charge is 0.378 e. The van der Waals surface area contributed by atoms with Gasteiger partial charge in [-0.2, -0.15) is 13.2 Å². The van der Waals surface area contributed by atoms with Gasteiger partial charge in [0.15, 0.2) is 0 Å². The number of benzene rings is 2. The predicted molar refractivity (Wildman–Crippen MR) is 131 cm³/mol. The Labute approximate surface area is 200 Å². The lowest BCUT2D eigenvalue weighted by Gasteiger charge is -2.40. The Morgan fingerprint density at radius 1 is 1.15 bits per heavy atom. The van der Waals surface area contributed by atoms with Crippen LogP contribution in [-0.4, -0.2) is 38.0 Å². The minimum atomic E-state index is -4.37. The van der Waals surface area contributed by atoms with E-state index in [1.165, 1.54) is 6.07 Å². The van der Waals surface area contributed by atoms with Gasteiger partial charge in [0.25, 0.3) is 0 Å². The van der Waals surface area contributed by atoms with Crippen molar-refractivity contribution in [2.45, 2.75) is 51.2 Å². The van der Waals surface area contributed by atoms with Crippen LogP contribution in [-0.2, 0) is 11.0 Å². The van der Waals surface area contributed by atoms with Crippen molar-refractivity contribution in [3.8, 4) is 0 Å². The maximum absolute atomic E-state index is 13.4. The van der Waals surface area contributed by atoms with Crippen LogP contribution in [0.15, 0.2) is 48.5 Å². The van der Waals surface area contributed by atoms with E-state index in [9.17, 15) is 18.0 Å². The van der Waals surface area contributed by atoms with Crippen molar-refractivity contribution in [3.63, 3.8) is 0 Å². The Morgan fingerprint density at radius 2 is 1.85 bits per heavy atom. The first-order valence-electron chi connectivity index (χ1n) is 12.0. The molecule has 4 atom stereocenters. The van der Waals surface area contributed by atoms with Gasteiger partial charge in [-0.3, -0.25) is 4.79 Å². The summed E-state index contributed by atoms with van der Waals surface area (Å²) in [5, 5.41) is 6.48. The highest BCUT2D eigenvalue weighted by molar-refractivity contribution is 5.76. The molecule has 0 bridgehead atoms. The summed E-state index contributed by atoms with van der Waals surface area (Å²) in [6.45, 7) is 5.51. The first-order chi connectivity index (χ1) is 16.1. The molecule has 0 radical (unpaired) electrons. The van der Waals surface area contributed by atoms with Crippen molar-refractivity contribution in [3.05, 3.63) is 65.2 Å². The van der Waals surface area contributed by atoms with Crippen LogP contribution in [0.1, 0.15) is 61.8 Å². The van der Waals surface area contributed by atoms with Crippen LogP contribution >= 0.6 is 0 Å². The molecule has 0 aliphatic carbocycles. The van der Waals surface area contributed by atoms with Crippen molar-refractivity contribution in [2.24, 2.45) is 11.8 Å². The maximum atomic E-state index is 13.4. The third-order valence-corrected chi connectivity index (χ3v) is 6.82. The zero-order chi connectivity index (χ0) is 24.9. The van der Waals surface area contributed by atoms with E-state index in [4.69, 9.17) is 0 Å². The summed E-state index contributed by atoms with van der Waals surface area (Å²) >= 11 is 0. The van der Waals surface area contributed by atoms with E-state index < -0.39 is 11.7 Å². The number of halogens is 3. The molecule has 0 spiro atoms. The van der Waals surface area contributed by atoms with Gasteiger partial charge in [-0.15, -0.1) is 0 Å².